The molecule has 1 aromatic rings. The van der Waals surface area contributed by atoms with Gasteiger partial charge in [-0.15, -0.1) is 11.3 Å². The van der Waals surface area contributed by atoms with Crippen molar-refractivity contribution in [2.75, 3.05) is 6.61 Å². The van der Waals surface area contributed by atoms with E-state index in [1.54, 1.807) is 11.3 Å². The van der Waals surface area contributed by atoms with Crippen molar-refractivity contribution >= 4 is 11.3 Å². The van der Waals surface area contributed by atoms with Crippen molar-refractivity contribution in [1.82, 2.24) is 5.32 Å². The number of aliphatic hydroxyl groups is 1. The molecule has 1 heterocycles. The second kappa shape index (κ2) is 5.86. The van der Waals surface area contributed by atoms with E-state index in [0.29, 0.717) is 0 Å². The fourth-order valence-corrected chi connectivity index (χ4v) is 1.91. The van der Waals surface area contributed by atoms with Gasteiger partial charge < -0.3 is 10.4 Å². The summed E-state index contributed by atoms with van der Waals surface area (Å²) in [6, 6.07) is 4.29. The van der Waals surface area contributed by atoms with Crippen molar-refractivity contribution in [2.45, 2.75) is 26.4 Å². The molecule has 3 nitrogen and oxygen atoms in total. The Kier molecular flexibility index (Phi) is 4.76. The summed E-state index contributed by atoms with van der Waals surface area (Å²) in [6.07, 6.45) is 0. The summed E-state index contributed by atoms with van der Waals surface area (Å²) >= 11 is 1.59. The van der Waals surface area contributed by atoms with Gasteiger partial charge >= 0.3 is 0 Å². The van der Waals surface area contributed by atoms with Crippen molar-refractivity contribution in [1.29, 1.82) is 5.26 Å². The van der Waals surface area contributed by atoms with Gasteiger partial charge in [0.15, 0.2) is 0 Å². The first-order valence-corrected chi connectivity index (χ1v) is 5.87. The Bertz CT molecular complexity index is 343. The molecule has 2 N–H and O–H groups in total. The van der Waals surface area contributed by atoms with E-state index >= 15 is 0 Å². The summed E-state index contributed by atoms with van der Waals surface area (Å²) in [5.74, 6) is 0.250. The van der Waals surface area contributed by atoms with Crippen LogP contribution < -0.4 is 5.32 Å². The lowest BCUT2D eigenvalue weighted by molar-refractivity contribution is 0.207. The summed E-state index contributed by atoms with van der Waals surface area (Å²) < 4.78 is 0. The van der Waals surface area contributed by atoms with Gasteiger partial charge in [0.1, 0.15) is 6.07 Å². The van der Waals surface area contributed by atoms with Gasteiger partial charge in [-0.1, -0.05) is 6.92 Å². The fourth-order valence-electron chi connectivity index (χ4n) is 1.15. The molecule has 0 saturated heterocycles. The fraction of sp³-hybridized carbons (Fsp3) is 0.545. The Labute approximate surface area is 94.4 Å². The molecule has 0 bridgehead atoms. The molecule has 2 unspecified atom stereocenters. The number of thiophene rings is 1. The second-order valence-electron chi connectivity index (χ2n) is 3.74. The Morgan fingerprint density at radius 3 is 2.87 bits per heavy atom. The summed E-state index contributed by atoms with van der Waals surface area (Å²) in [5, 5.41) is 22.8. The van der Waals surface area contributed by atoms with E-state index in [-0.39, 0.29) is 18.6 Å². The van der Waals surface area contributed by atoms with Crippen LogP contribution in [0.3, 0.4) is 0 Å². The second-order valence-corrected chi connectivity index (χ2v) is 4.74. The van der Waals surface area contributed by atoms with Crippen molar-refractivity contribution < 1.29 is 5.11 Å². The third-order valence-corrected chi connectivity index (χ3v) is 3.46. The number of hydrogen-bond acceptors (Lipinski definition) is 4. The molecular formula is C11H16N2OS. The first-order valence-electron chi connectivity index (χ1n) is 4.99. The van der Waals surface area contributed by atoms with Gasteiger partial charge in [-0.05, 0) is 18.9 Å². The third kappa shape index (κ3) is 3.63. The van der Waals surface area contributed by atoms with E-state index in [2.05, 4.69) is 18.3 Å². The molecule has 82 valence electrons. The number of rotatable bonds is 5. The van der Waals surface area contributed by atoms with Crippen LogP contribution in [-0.4, -0.2) is 17.8 Å². The van der Waals surface area contributed by atoms with Crippen LogP contribution in [-0.2, 0) is 6.54 Å². The van der Waals surface area contributed by atoms with Crippen LogP contribution in [0.1, 0.15) is 24.3 Å². The number of nitriles is 1. The zero-order chi connectivity index (χ0) is 11.3. The number of hydrogen-bond donors (Lipinski definition) is 2. The molecule has 0 aromatic carbocycles. The summed E-state index contributed by atoms with van der Waals surface area (Å²) in [6.45, 7) is 5.02. The van der Waals surface area contributed by atoms with Crippen molar-refractivity contribution in [3.8, 4) is 6.07 Å². The lowest BCUT2D eigenvalue weighted by atomic mass is 10.1. The molecule has 0 fully saturated rings. The molecule has 0 amide bonds. The predicted molar refractivity (Wildman–Crippen MR) is 61.6 cm³/mol. The maximum absolute atomic E-state index is 8.96. The van der Waals surface area contributed by atoms with Crippen LogP contribution in [0.5, 0.6) is 0 Å². The monoisotopic (exact) mass is 224 g/mol. The van der Waals surface area contributed by atoms with E-state index in [1.165, 1.54) is 0 Å². The molecule has 15 heavy (non-hydrogen) atoms. The van der Waals surface area contributed by atoms with Crippen LogP contribution in [0, 0.1) is 17.2 Å². The number of nitrogens with zero attached hydrogens (tertiary/aromatic N) is 1. The van der Waals surface area contributed by atoms with Gasteiger partial charge in [0.2, 0.25) is 0 Å². The van der Waals surface area contributed by atoms with Crippen LogP contribution in [0.25, 0.3) is 0 Å². The zero-order valence-electron chi connectivity index (χ0n) is 9.03. The minimum atomic E-state index is 0.196. The lowest BCUT2D eigenvalue weighted by Crippen LogP contribution is -2.33. The van der Waals surface area contributed by atoms with E-state index < -0.39 is 0 Å². The summed E-state index contributed by atoms with van der Waals surface area (Å²) in [7, 11) is 0. The topological polar surface area (TPSA) is 56.0 Å². The van der Waals surface area contributed by atoms with Crippen molar-refractivity contribution in [3.05, 3.63) is 21.9 Å². The summed E-state index contributed by atoms with van der Waals surface area (Å²) in [5.41, 5.74) is 0.722. The van der Waals surface area contributed by atoms with Crippen molar-refractivity contribution in [2.24, 2.45) is 5.92 Å². The molecule has 1 rings (SSSR count). The Hall–Kier alpha value is -0.890. The van der Waals surface area contributed by atoms with Crippen LogP contribution >= 0.6 is 11.3 Å². The molecule has 0 radical (unpaired) electrons. The highest BCUT2D eigenvalue weighted by molar-refractivity contribution is 7.10. The lowest BCUT2D eigenvalue weighted by Gasteiger charge is -2.18. The van der Waals surface area contributed by atoms with Crippen LogP contribution in [0.4, 0.5) is 0 Å². The number of nitrogens with one attached hydrogen (secondary N) is 1. The average Bonchev–Trinajstić information content (AvgIpc) is 2.72. The minimum Gasteiger partial charge on any atom is -0.396 e. The molecule has 4 heteroatoms. The smallest absolute Gasteiger partial charge is 0.100 e. The summed E-state index contributed by atoms with van der Waals surface area (Å²) in [4.78, 5) is 1.16. The van der Waals surface area contributed by atoms with Crippen LogP contribution in [0.15, 0.2) is 11.4 Å². The SMILES string of the molecule is CC(CO)C(C)NCc1cc(C#N)cs1. The first kappa shape index (κ1) is 12.2. The third-order valence-electron chi connectivity index (χ3n) is 2.52. The molecule has 1 aromatic heterocycles. The van der Waals surface area contributed by atoms with E-state index in [1.807, 2.05) is 18.4 Å². The Morgan fingerprint density at radius 2 is 2.33 bits per heavy atom. The molecule has 0 aliphatic heterocycles. The highest BCUT2D eigenvalue weighted by atomic mass is 32.1. The van der Waals surface area contributed by atoms with Gasteiger partial charge in [0.05, 0.1) is 5.56 Å². The molecule has 2 atom stereocenters. The van der Waals surface area contributed by atoms with Gasteiger partial charge in [0.25, 0.3) is 0 Å². The zero-order valence-corrected chi connectivity index (χ0v) is 9.84. The Balaban J connectivity index is 2.40. The molecule has 0 aliphatic rings. The van der Waals surface area contributed by atoms with Gasteiger partial charge in [-0.2, -0.15) is 5.26 Å². The highest BCUT2D eigenvalue weighted by Crippen LogP contribution is 2.14. The standard InChI is InChI=1S/C11H16N2OS/c1-8(6-14)9(2)13-5-11-3-10(4-12)7-15-11/h3,7-9,13-14H,5-6H2,1-2H3. The number of aliphatic hydroxyl groups excluding tert-OH is 1. The predicted octanol–water partition coefficient (Wildman–Crippen LogP) is 1.73. The normalized spacial score (nSPS) is 14.5. The van der Waals surface area contributed by atoms with Crippen molar-refractivity contribution in [3.63, 3.8) is 0 Å². The van der Waals surface area contributed by atoms with E-state index in [9.17, 15) is 0 Å². The van der Waals surface area contributed by atoms with E-state index in [4.69, 9.17) is 10.4 Å². The van der Waals surface area contributed by atoms with Gasteiger partial charge in [0, 0.05) is 29.5 Å². The highest BCUT2D eigenvalue weighted by Gasteiger charge is 2.10. The minimum absolute atomic E-state index is 0.196. The van der Waals surface area contributed by atoms with Crippen LogP contribution in [0.2, 0.25) is 0 Å². The van der Waals surface area contributed by atoms with Gasteiger partial charge in [-0.3, -0.25) is 0 Å². The maximum atomic E-state index is 8.96. The molecule has 0 spiro atoms. The molecule has 0 saturated carbocycles. The molecule has 0 aliphatic carbocycles. The maximum Gasteiger partial charge on any atom is 0.100 e. The van der Waals surface area contributed by atoms with E-state index in [0.717, 1.165) is 17.0 Å². The quantitative estimate of drug-likeness (QED) is 0.800. The molecular weight excluding hydrogens is 208 g/mol. The average molecular weight is 224 g/mol. The van der Waals surface area contributed by atoms with Gasteiger partial charge in [-0.25, -0.2) is 0 Å². The Morgan fingerprint density at radius 1 is 1.60 bits per heavy atom. The first-order chi connectivity index (χ1) is 7.17. The largest absolute Gasteiger partial charge is 0.396 e.